The Balaban J connectivity index is 2.68. The maximum Gasteiger partial charge on any atom is 0.328 e. The maximum absolute atomic E-state index is 11.6. The third-order valence-corrected chi connectivity index (χ3v) is 3.13. The molecule has 6 nitrogen and oxygen atoms in total. The van der Waals surface area contributed by atoms with Gasteiger partial charge in [0, 0.05) is 10.0 Å². The van der Waals surface area contributed by atoms with Gasteiger partial charge in [-0.3, -0.25) is 0 Å². The van der Waals surface area contributed by atoms with E-state index in [1.807, 2.05) is 0 Å². The van der Waals surface area contributed by atoms with Gasteiger partial charge in [-0.25, -0.2) is 9.59 Å². The summed E-state index contributed by atoms with van der Waals surface area (Å²) in [6, 6.07) is 2.31. The fraction of sp³-hybridized carbons (Fsp3) is 0.333. The standard InChI is InChI=1S/C12H14Cl2N2O4/c1-6(8-3-2-7(13)4-9(8)14)15-12(20)16-10(5-17)11(18)19/h2-4,6,10,17H,5H2,1H3,(H,18,19)(H2,15,16,20). The van der Waals surface area contributed by atoms with Crippen molar-refractivity contribution in [3.63, 3.8) is 0 Å². The van der Waals surface area contributed by atoms with Crippen molar-refractivity contribution in [2.75, 3.05) is 6.61 Å². The molecular weight excluding hydrogens is 307 g/mol. The molecule has 8 heteroatoms. The second-order valence-electron chi connectivity index (χ2n) is 4.08. The minimum atomic E-state index is -1.36. The molecule has 0 aromatic heterocycles. The number of hydrogen-bond donors (Lipinski definition) is 4. The van der Waals surface area contributed by atoms with Crippen LogP contribution in [-0.4, -0.2) is 34.9 Å². The number of amides is 2. The number of urea groups is 1. The van der Waals surface area contributed by atoms with Crippen molar-refractivity contribution in [3.05, 3.63) is 33.8 Å². The summed E-state index contributed by atoms with van der Waals surface area (Å²) in [5, 5.41) is 23.0. The Morgan fingerprint density at radius 2 is 1.95 bits per heavy atom. The van der Waals surface area contributed by atoms with E-state index in [1.54, 1.807) is 25.1 Å². The summed E-state index contributed by atoms with van der Waals surface area (Å²) >= 11 is 11.8. The first kappa shape index (κ1) is 16.6. The van der Waals surface area contributed by atoms with Gasteiger partial charge in [-0.2, -0.15) is 0 Å². The van der Waals surface area contributed by atoms with Crippen LogP contribution in [0.2, 0.25) is 10.0 Å². The van der Waals surface area contributed by atoms with Crippen LogP contribution in [0.1, 0.15) is 18.5 Å². The molecule has 0 radical (unpaired) electrons. The highest BCUT2D eigenvalue weighted by molar-refractivity contribution is 6.35. The van der Waals surface area contributed by atoms with Crippen molar-refractivity contribution in [3.8, 4) is 0 Å². The summed E-state index contributed by atoms with van der Waals surface area (Å²) in [5.74, 6) is -1.32. The number of carbonyl (C=O) groups is 2. The number of halogens is 2. The molecule has 0 saturated carbocycles. The Hall–Kier alpha value is -1.50. The van der Waals surface area contributed by atoms with Gasteiger partial charge in [0.05, 0.1) is 12.6 Å². The topological polar surface area (TPSA) is 98.7 Å². The van der Waals surface area contributed by atoms with Crippen LogP contribution in [0.25, 0.3) is 0 Å². The van der Waals surface area contributed by atoms with Crippen LogP contribution >= 0.6 is 23.2 Å². The number of carbonyl (C=O) groups excluding carboxylic acids is 1. The van der Waals surface area contributed by atoms with E-state index < -0.39 is 30.7 Å². The molecule has 2 atom stereocenters. The highest BCUT2D eigenvalue weighted by Gasteiger charge is 2.20. The predicted octanol–water partition coefficient (Wildman–Crippen LogP) is 1.80. The zero-order valence-corrected chi connectivity index (χ0v) is 12.1. The third-order valence-electron chi connectivity index (χ3n) is 2.56. The molecule has 110 valence electrons. The molecule has 1 aromatic carbocycles. The van der Waals surface area contributed by atoms with E-state index in [-0.39, 0.29) is 0 Å². The van der Waals surface area contributed by atoms with E-state index >= 15 is 0 Å². The number of carboxylic acid groups (broad SMARTS) is 1. The molecule has 4 N–H and O–H groups in total. The van der Waals surface area contributed by atoms with E-state index in [1.165, 1.54) is 0 Å². The summed E-state index contributed by atoms with van der Waals surface area (Å²) in [6.45, 7) is 0.988. The molecule has 1 aromatic rings. The lowest BCUT2D eigenvalue weighted by atomic mass is 10.1. The van der Waals surface area contributed by atoms with Gasteiger partial charge in [0.15, 0.2) is 6.04 Å². The molecule has 0 bridgehead atoms. The molecule has 0 saturated heterocycles. The molecule has 0 spiro atoms. The van der Waals surface area contributed by atoms with Crippen LogP contribution in [0.5, 0.6) is 0 Å². The molecule has 0 heterocycles. The van der Waals surface area contributed by atoms with Crippen molar-refractivity contribution < 1.29 is 19.8 Å². The number of aliphatic hydroxyl groups is 1. The molecule has 0 aliphatic rings. The van der Waals surface area contributed by atoms with Gasteiger partial charge in [0.1, 0.15) is 0 Å². The number of benzene rings is 1. The van der Waals surface area contributed by atoms with Crippen LogP contribution in [-0.2, 0) is 4.79 Å². The number of nitrogens with one attached hydrogen (secondary N) is 2. The van der Waals surface area contributed by atoms with E-state index in [9.17, 15) is 9.59 Å². The summed E-state index contributed by atoms with van der Waals surface area (Å²) in [5.41, 5.74) is 0.641. The Morgan fingerprint density at radius 3 is 2.45 bits per heavy atom. The third kappa shape index (κ3) is 4.56. The number of rotatable bonds is 5. The van der Waals surface area contributed by atoms with Crippen molar-refractivity contribution >= 4 is 35.2 Å². The van der Waals surface area contributed by atoms with Gasteiger partial charge in [-0.1, -0.05) is 29.3 Å². The Labute approximate surface area is 125 Å². The van der Waals surface area contributed by atoms with Crippen LogP contribution < -0.4 is 10.6 Å². The Bertz CT molecular complexity index is 510. The van der Waals surface area contributed by atoms with E-state index in [0.717, 1.165) is 0 Å². The van der Waals surface area contributed by atoms with Gasteiger partial charge < -0.3 is 20.8 Å². The molecule has 0 fully saturated rings. The van der Waals surface area contributed by atoms with Crippen molar-refractivity contribution in [1.82, 2.24) is 10.6 Å². The highest BCUT2D eigenvalue weighted by atomic mass is 35.5. The van der Waals surface area contributed by atoms with Crippen LogP contribution in [0.15, 0.2) is 18.2 Å². The molecule has 0 aliphatic carbocycles. The molecular formula is C12H14Cl2N2O4. The number of aliphatic hydroxyl groups excluding tert-OH is 1. The average molecular weight is 321 g/mol. The normalized spacial score (nSPS) is 13.4. The lowest BCUT2D eigenvalue weighted by Gasteiger charge is -2.18. The largest absolute Gasteiger partial charge is 0.480 e. The average Bonchev–Trinajstić information content (AvgIpc) is 2.35. The summed E-state index contributed by atoms with van der Waals surface area (Å²) in [4.78, 5) is 22.3. The van der Waals surface area contributed by atoms with Crippen LogP contribution in [0.3, 0.4) is 0 Å². The smallest absolute Gasteiger partial charge is 0.328 e. The Kier molecular flexibility index (Phi) is 6.06. The first-order chi connectivity index (χ1) is 9.35. The van der Waals surface area contributed by atoms with Gasteiger partial charge in [-0.05, 0) is 24.6 Å². The molecule has 20 heavy (non-hydrogen) atoms. The second kappa shape index (κ2) is 7.33. The van der Waals surface area contributed by atoms with Gasteiger partial charge in [0.25, 0.3) is 0 Å². The van der Waals surface area contributed by atoms with Crippen LogP contribution in [0, 0.1) is 0 Å². The van der Waals surface area contributed by atoms with E-state index in [0.29, 0.717) is 15.6 Å². The molecule has 1 rings (SSSR count). The van der Waals surface area contributed by atoms with E-state index in [2.05, 4.69) is 10.6 Å². The molecule has 2 amide bonds. The first-order valence-corrected chi connectivity index (χ1v) is 6.46. The lowest BCUT2D eigenvalue weighted by Crippen LogP contribution is -2.48. The Morgan fingerprint density at radius 1 is 1.30 bits per heavy atom. The number of carboxylic acids is 1. The molecule has 2 unspecified atom stereocenters. The van der Waals surface area contributed by atoms with Crippen molar-refractivity contribution in [2.24, 2.45) is 0 Å². The number of hydrogen-bond acceptors (Lipinski definition) is 3. The zero-order valence-electron chi connectivity index (χ0n) is 10.6. The fourth-order valence-electron chi connectivity index (χ4n) is 1.51. The first-order valence-electron chi connectivity index (χ1n) is 5.70. The van der Waals surface area contributed by atoms with Gasteiger partial charge >= 0.3 is 12.0 Å². The number of aliphatic carboxylic acids is 1. The lowest BCUT2D eigenvalue weighted by molar-refractivity contribution is -0.140. The summed E-state index contributed by atoms with van der Waals surface area (Å²) in [7, 11) is 0. The maximum atomic E-state index is 11.6. The summed E-state index contributed by atoms with van der Waals surface area (Å²) in [6.07, 6.45) is 0. The quantitative estimate of drug-likeness (QED) is 0.664. The van der Waals surface area contributed by atoms with Crippen molar-refractivity contribution in [1.29, 1.82) is 0 Å². The second-order valence-corrected chi connectivity index (χ2v) is 4.92. The van der Waals surface area contributed by atoms with Crippen molar-refractivity contribution in [2.45, 2.75) is 19.0 Å². The minimum absolute atomic E-state index is 0.391. The van der Waals surface area contributed by atoms with E-state index in [4.69, 9.17) is 33.4 Å². The fourth-order valence-corrected chi connectivity index (χ4v) is 2.08. The SMILES string of the molecule is CC(NC(=O)NC(CO)C(=O)O)c1ccc(Cl)cc1Cl. The van der Waals surface area contributed by atoms with Crippen LogP contribution in [0.4, 0.5) is 4.79 Å². The zero-order chi connectivity index (χ0) is 15.3. The predicted molar refractivity (Wildman–Crippen MR) is 75.1 cm³/mol. The summed E-state index contributed by atoms with van der Waals surface area (Å²) < 4.78 is 0. The molecule has 0 aliphatic heterocycles. The van der Waals surface area contributed by atoms with Gasteiger partial charge in [-0.15, -0.1) is 0 Å². The van der Waals surface area contributed by atoms with Gasteiger partial charge in [0.2, 0.25) is 0 Å². The minimum Gasteiger partial charge on any atom is -0.480 e. The monoisotopic (exact) mass is 320 g/mol. The highest BCUT2D eigenvalue weighted by Crippen LogP contribution is 2.25.